The highest BCUT2D eigenvalue weighted by Gasteiger charge is 2.13. The zero-order chi connectivity index (χ0) is 19.9. The summed E-state index contributed by atoms with van der Waals surface area (Å²) in [6.07, 6.45) is 0. The van der Waals surface area contributed by atoms with Gasteiger partial charge in [0.05, 0.1) is 6.61 Å². The summed E-state index contributed by atoms with van der Waals surface area (Å²) in [4.78, 5) is 21.6. The molecule has 6 heteroatoms. The Hall–Kier alpha value is -3.25. The van der Waals surface area contributed by atoms with E-state index in [1.54, 1.807) is 13.2 Å². The first kappa shape index (κ1) is 19.5. The fraction of sp³-hybridized carbons (Fsp3) is 0.227. The van der Waals surface area contributed by atoms with Crippen LogP contribution in [0.3, 0.4) is 0 Å². The second-order valence-electron chi connectivity index (χ2n) is 6.52. The molecule has 144 valence electrons. The minimum atomic E-state index is -0.264. The van der Waals surface area contributed by atoms with E-state index in [1.165, 1.54) is 5.56 Å². The Morgan fingerprint density at radius 3 is 2.54 bits per heavy atom. The van der Waals surface area contributed by atoms with Gasteiger partial charge in [-0.05, 0) is 25.5 Å². The van der Waals surface area contributed by atoms with E-state index in [-0.39, 0.29) is 5.91 Å². The lowest BCUT2D eigenvalue weighted by Crippen LogP contribution is -2.28. The maximum atomic E-state index is 12.5. The standard InChI is InChI=1S/C22H24N4O2/c1-15-9-10-18(16(2)13-15)24-20-14-19(22(27)23-11-12-28-3)25-21(26-20)17-7-5-4-6-8-17/h4-10,13-14H,11-12H2,1-3H3,(H,23,27)(H,24,25,26). The van der Waals surface area contributed by atoms with Gasteiger partial charge in [0.1, 0.15) is 11.5 Å². The summed E-state index contributed by atoms with van der Waals surface area (Å²) < 4.78 is 4.99. The van der Waals surface area contributed by atoms with Crippen LogP contribution in [0.25, 0.3) is 11.4 Å². The fourth-order valence-corrected chi connectivity index (χ4v) is 2.79. The third-order valence-electron chi connectivity index (χ3n) is 4.23. The second kappa shape index (κ2) is 9.10. The van der Waals surface area contributed by atoms with Crippen molar-refractivity contribution < 1.29 is 9.53 Å². The van der Waals surface area contributed by atoms with Gasteiger partial charge in [0.25, 0.3) is 5.91 Å². The molecule has 0 bridgehead atoms. The number of aromatic nitrogens is 2. The Bertz CT molecular complexity index is 958. The van der Waals surface area contributed by atoms with Crippen LogP contribution in [-0.4, -0.2) is 36.1 Å². The smallest absolute Gasteiger partial charge is 0.270 e. The van der Waals surface area contributed by atoms with E-state index >= 15 is 0 Å². The number of rotatable bonds is 7. The van der Waals surface area contributed by atoms with Gasteiger partial charge in [-0.25, -0.2) is 9.97 Å². The first-order valence-electron chi connectivity index (χ1n) is 9.13. The number of ether oxygens (including phenoxy) is 1. The molecular weight excluding hydrogens is 352 g/mol. The Morgan fingerprint density at radius 2 is 1.82 bits per heavy atom. The number of nitrogens with one attached hydrogen (secondary N) is 2. The van der Waals surface area contributed by atoms with Crippen LogP contribution in [0.5, 0.6) is 0 Å². The molecule has 0 saturated heterocycles. The SMILES string of the molecule is COCCNC(=O)c1cc(Nc2ccc(C)cc2C)nc(-c2ccccc2)n1. The molecule has 0 aliphatic rings. The van der Waals surface area contributed by atoms with Crippen LogP contribution in [0.1, 0.15) is 21.6 Å². The average Bonchev–Trinajstić information content (AvgIpc) is 2.70. The summed E-state index contributed by atoms with van der Waals surface area (Å²) in [6, 6.07) is 17.4. The normalized spacial score (nSPS) is 10.5. The van der Waals surface area contributed by atoms with Crippen molar-refractivity contribution in [3.05, 3.63) is 71.4 Å². The number of carbonyl (C=O) groups excluding carboxylic acids is 1. The summed E-state index contributed by atoms with van der Waals surface area (Å²) >= 11 is 0. The number of aryl methyl sites for hydroxylation is 2. The van der Waals surface area contributed by atoms with Crippen molar-refractivity contribution in [1.82, 2.24) is 15.3 Å². The number of anilines is 2. The molecule has 0 unspecified atom stereocenters. The summed E-state index contributed by atoms with van der Waals surface area (Å²) in [5.74, 6) is 0.797. The number of hydrogen-bond acceptors (Lipinski definition) is 5. The van der Waals surface area contributed by atoms with Crippen molar-refractivity contribution in [2.24, 2.45) is 0 Å². The van der Waals surface area contributed by atoms with Crippen LogP contribution >= 0.6 is 0 Å². The molecule has 0 spiro atoms. The van der Waals surface area contributed by atoms with E-state index in [0.717, 1.165) is 16.8 Å². The van der Waals surface area contributed by atoms with Crippen LogP contribution in [0, 0.1) is 13.8 Å². The van der Waals surface area contributed by atoms with Gasteiger partial charge in [-0.3, -0.25) is 4.79 Å². The van der Waals surface area contributed by atoms with E-state index in [0.29, 0.717) is 30.5 Å². The van der Waals surface area contributed by atoms with E-state index in [4.69, 9.17) is 4.74 Å². The van der Waals surface area contributed by atoms with Crippen molar-refractivity contribution in [2.45, 2.75) is 13.8 Å². The molecule has 1 aromatic heterocycles. The molecule has 1 heterocycles. The fourth-order valence-electron chi connectivity index (χ4n) is 2.79. The number of hydrogen-bond donors (Lipinski definition) is 2. The largest absolute Gasteiger partial charge is 0.383 e. The van der Waals surface area contributed by atoms with Gasteiger partial charge in [-0.1, -0.05) is 48.0 Å². The van der Waals surface area contributed by atoms with Gasteiger partial charge >= 0.3 is 0 Å². The van der Waals surface area contributed by atoms with Crippen molar-refractivity contribution in [3.8, 4) is 11.4 Å². The van der Waals surface area contributed by atoms with Crippen LogP contribution in [-0.2, 0) is 4.74 Å². The molecule has 3 aromatic rings. The summed E-state index contributed by atoms with van der Waals surface area (Å²) in [5.41, 5.74) is 4.38. The minimum Gasteiger partial charge on any atom is -0.383 e. The molecule has 0 atom stereocenters. The number of methoxy groups -OCH3 is 1. The van der Waals surface area contributed by atoms with Crippen LogP contribution in [0.2, 0.25) is 0 Å². The van der Waals surface area contributed by atoms with Gasteiger partial charge in [0.2, 0.25) is 0 Å². The zero-order valence-corrected chi connectivity index (χ0v) is 16.3. The molecule has 0 radical (unpaired) electrons. The maximum Gasteiger partial charge on any atom is 0.270 e. The summed E-state index contributed by atoms with van der Waals surface area (Å²) in [5, 5.41) is 6.12. The predicted molar refractivity (Wildman–Crippen MR) is 111 cm³/mol. The lowest BCUT2D eigenvalue weighted by Gasteiger charge is -2.12. The lowest BCUT2D eigenvalue weighted by atomic mass is 10.1. The first-order chi connectivity index (χ1) is 13.6. The van der Waals surface area contributed by atoms with E-state index in [1.807, 2.05) is 49.4 Å². The molecule has 0 aliphatic heterocycles. The van der Waals surface area contributed by atoms with E-state index < -0.39 is 0 Å². The number of benzene rings is 2. The van der Waals surface area contributed by atoms with Gasteiger partial charge in [0.15, 0.2) is 5.82 Å². The molecule has 28 heavy (non-hydrogen) atoms. The van der Waals surface area contributed by atoms with Gasteiger partial charge in [0, 0.05) is 31.0 Å². The van der Waals surface area contributed by atoms with Crippen molar-refractivity contribution in [3.63, 3.8) is 0 Å². The Morgan fingerprint density at radius 1 is 1.04 bits per heavy atom. The second-order valence-corrected chi connectivity index (χ2v) is 6.52. The predicted octanol–water partition coefficient (Wildman–Crippen LogP) is 3.88. The van der Waals surface area contributed by atoms with Crippen molar-refractivity contribution in [2.75, 3.05) is 25.6 Å². The van der Waals surface area contributed by atoms with Crippen molar-refractivity contribution >= 4 is 17.4 Å². The van der Waals surface area contributed by atoms with E-state index in [2.05, 4.69) is 33.6 Å². The molecular formula is C22H24N4O2. The number of amides is 1. The van der Waals surface area contributed by atoms with Crippen LogP contribution in [0.15, 0.2) is 54.6 Å². The molecule has 2 N–H and O–H groups in total. The molecule has 0 saturated carbocycles. The molecule has 6 nitrogen and oxygen atoms in total. The Labute approximate surface area is 165 Å². The molecule has 1 amide bonds. The van der Waals surface area contributed by atoms with Gasteiger partial charge in [-0.15, -0.1) is 0 Å². The van der Waals surface area contributed by atoms with Crippen LogP contribution in [0.4, 0.5) is 11.5 Å². The zero-order valence-electron chi connectivity index (χ0n) is 16.3. The quantitative estimate of drug-likeness (QED) is 0.612. The number of carbonyl (C=O) groups is 1. The monoisotopic (exact) mass is 376 g/mol. The maximum absolute atomic E-state index is 12.5. The first-order valence-corrected chi connectivity index (χ1v) is 9.13. The highest BCUT2D eigenvalue weighted by molar-refractivity contribution is 5.93. The van der Waals surface area contributed by atoms with Gasteiger partial charge < -0.3 is 15.4 Å². The van der Waals surface area contributed by atoms with Gasteiger partial charge in [-0.2, -0.15) is 0 Å². The Kier molecular flexibility index (Phi) is 6.34. The third-order valence-corrected chi connectivity index (χ3v) is 4.23. The molecule has 0 fully saturated rings. The average molecular weight is 376 g/mol. The van der Waals surface area contributed by atoms with Crippen LogP contribution < -0.4 is 10.6 Å². The topological polar surface area (TPSA) is 76.1 Å². The molecule has 2 aromatic carbocycles. The molecule has 0 aliphatic carbocycles. The molecule has 3 rings (SSSR count). The summed E-state index contributed by atoms with van der Waals surface area (Å²) in [7, 11) is 1.59. The minimum absolute atomic E-state index is 0.264. The number of nitrogens with zero attached hydrogens (tertiary/aromatic N) is 2. The summed E-state index contributed by atoms with van der Waals surface area (Å²) in [6.45, 7) is 4.94. The third kappa shape index (κ3) is 4.92. The highest BCUT2D eigenvalue weighted by atomic mass is 16.5. The lowest BCUT2D eigenvalue weighted by molar-refractivity contribution is 0.0932. The highest BCUT2D eigenvalue weighted by Crippen LogP contribution is 2.23. The van der Waals surface area contributed by atoms with Crippen molar-refractivity contribution in [1.29, 1.82) is 0 Å². The Balaban J connectivity index is 1.96. The van der Waals surface area contributed by atoms with E-state index in [9.17, 15) is 4.79 Å².